The number of hydrogen-bond donors (Lipinski definition) is 3. The van der Waals surface area contributed by atoms with Gasteiger partial charge in [0.25, 0.3) is 0 Å². The average molecular weight is 943 g/mol. The highest BCUT2D eigenvalue weighted by Crippen LogP contribution is 2.16. The molecule has 0 rings (SSSR count). The summed E-state index contributed by atoms with van der Waals surface area (Å²) >= 11 is 0. The highest BCUT2D eigenvalue weighted by molar-refractivity contribution is 5.76. The topological polar surface area (TPSA) is 95.9 Å². The smallest absolute Gasteiger partial charge is 0.305 e. The van der Waals surface area contributed by atoms with Gasteiger partial charge in [-0.2, -0.15) is 0 Å². The number of hydrogen-bond acceptors (Lipinski definition) is 5. The Morgan fingerprint density at radius 2 is 0.701 bits per heavy atom. The minimum Gasteiger partial charge on any atom is -0.466 e. The number of nitrogens with one attached hydrogen (secondary N) is 1. The lowest BCUT2D eigenvalue weighted by Crippen LogP contribution is -2.45. The van der Waals surface area contributed by atoms with Crippen molar-refractivity contribution in [2.75, 3.05) is 13.2 Å². The number of unbranched alkanes of at least 4 members (excludes halogenated alkanes) is 40. The first-order valence-electron chi connectivity index (χ1n) is 29.8. The fraction of sp³-hybridized carbons (Fsp3) is 0.869. The van der Waals surface area contributed by atoms with Crippen LogP contribution in [0.15, 0.2) is 36.5 Å². The van der Waals surface area contributed by atoms with E-state index in [0.29, 0.717) is 19.4 Å². The molecule has 0 aliphatic heterocycles. The predicted molar refractivity (Wildman–Crippen MR) is 292 cm³/mol. The Hall–Kier alpha value is -1.92. The number of aliphatic hydroxyl groups excluding tert-OH is 2. The van der Waals surface area contributed by atoms with Crippen molar-refractivity contribution in [3.8, 4) is 0 Å². The molecule has 0 bridgehead atoms. The average Bonchev–Trinajstić information content (AvgIpc) is 3.33. The van der Waals surface area contributed by atoms with Gasteiger partial charge in [0.2, 0.25) is 5.91 Å². The van der Waals surface area contributed by atoms with Crippen molar-refractivity contribution < 1.29 is 24.5 Å². The quantitative estimate of drug-likeness (QED) is 0.0321. The molecule has 2 unspecified atom stereocenters. The van der Waals surface area contributed by atoms with Crippen LogP contribution in [0.1, 0.15) is 316 Å². The SMILES string of the molecule is CCCCCCCC/C=C\CCCCCCCCCC(=O)OCCCCCC/C=C\CCCCCCCCCC(=O)NC(CO)C(O)/C=C/CCCCCCCCCCCCCCCCCC. The van der Waals surface area contributed by atoms with Crippen LogP contribution in [-0.4, -0.2) is 47.4 Å². The summed E-state index contributed by atoms with van der Waals surface area (Å²) in [7, 11) is 0. The van der Waals surface area contributed by atoms with Gasteiger partial charge in [-0.1, -0.05) is 256 Å². The van der Waals surface area contributed by atoms with Gasteiger partial charge in [-0.05, 0) is 83.5 Å². The molecule has 6 nitrogen and oxygen atoms in total. The molecule has 6 heteroatoms. The van der Waals surface area contributed by atoms with Gasteiger partial charge in [-0.15, -0.1) is 0 Å². The summed E-state index contributed by atoms with van der Waals surface area (Å²) in [5, 5.41) is 23.1. The number of carbonyl (C=O) groups excluding carboxylic acids is 2. The Labute approximate surface area is 417 Å². The van der Waals surface area contributed by atoms with E-state index in [9.17, 15) is 19.8 Å². The maximum atomic E-state index is 12.5. The summed E-state index contributed by atoms with van der Waals surface area (Å²) in [5.41, 5.74) is 0. The van der Waals surface area contributed by atoms with Crippen LogP contribution in [-0.2, 0) is 14.3 Å². The molecule has 1 amide bonds. The Morgan fingerprint density at radius 1 is 0.403 bits per heavy atom. The third-order valence-corrected chi connectivity index (χ3v) is 13.6. The lowest BCUT2D eigenvalue weighted by Gasteiger charge is -2.20. The van der Waals surface area contributed by atoms with E-state index in [1.807, 2.05) is 6.08 Å². The molecule has 0 aliphatic rings. The van der Waals surface area contributed by atoms with E-state index >= 15 is 0 Å². The first-order valence-corrected chi connectivity index (χ1v) is 29.8. The van der Waals surface area contributed by atoms with Crippen molar-refractivity contribution in [1.82, 2.24) is 5.32 Å². The van der Waals surface area contributed by atoms with Crippen LogP contribution in [0.2, 0.25) is 0 Å². The Kier molecular flexibility index (Phi) is 55.0. The molecule has 2 atom stereocenters. The lowest BCUT2D eigenvalue weighted by atomic mass is 10.0. The molecule has 3 N–H and O–H groups in total. The van der Waals surface area contributed by atoms with Crippen molar-refractivity contribution in [3.05, 3.63) is 36.5 Å². The zero-order valence-corrected chi connectivity index (χ0v) is 44.9. The molecule has 0 aromatic carbocycles. The maximum Gasteiger partial charge on any atom is 0.305 e. The van der Waals surface area contributed by atoms with Crippen molar-refractivity contribution >= 4 is 11.9 Å². The fourth-order valence-electron chi connectivity index (χ4n) is 9.03. The van der Waals surface area contributed by atoms with Crippen molar-refractivity contribution in [2.24, 2.45) is 0 Å². The summed E-state index contributed by atoms with van der Waals surface area (Å²) in [5.74, 6) is -0.0963. The summed E-state index contributed by atoms with van der Waals surface area (Å²) in [4.78, 5) is 24.5. The molecule has 0 aromatic heterocycles. The fourth-order valence-corrected chi connectivity index (χ4v) is 9.03. The minimum atomic E-state index is -0.855. The Balaban J connectivity index is 3.50. The number of ether oxygens (including phenoxy) is 1. The first kappa shape index (κ1) is 65.1. The van der Waals surface area contributed by atoms with Gasteiger partial charge in [0.1, 0.15) is 0 Å². The first-order chi connectivity index (χ1) is 33.0. The lowest BCUT2D eigenvalue weighted by molar-refractivity contribution is -0.143. The zero-order valence-electron chi connectivity index (χ0n) is 44.9. The van der Waals surface area contributed by atoms with E-state index in [-0.39, 0.29) is 18.5 Å². The summed E-state index contributed by atoms with van der Waals surface area (Å²) in [6.45, 7) is 4.88. The van der Waals surface area contributed by atoms with Gasteiger partial charge in [-0.3, -0.25) is 9.59 Å². The molecule has 0 saturated carbocycles. The number of amides is 1. The van der Waals surface area contributed by atoms with Crippen molar-refractivity contribution in [2.45, 2.75) is 328 Å². The highest BCUT2D eigenvalue weighted by Gasteiger charge is 2.18. The van der Waals surface area contributed by atoms with Crippen molar-refractivity contribution in [1.29, 1.82) is 0 Å². The zero-order chi connectivity index (χ0) is 48.6. The molecule has 394 valence electrons. The van der Waals surface area contributed by atoms with Crippen LogP contribution in [0.3, 0.4) is 0 Å². The molecule has 0 aromatic rings. The largest absolute Gasteiger partial charge is 0.466 e. The Bertz CT molecular complexity index is 1090. The molecule has 0 radical (unpaired) electrons. The third kappa shape index (κ3) is 53.3. The molecule has 0 fully saturated rings. The monoisotopic (exact) mass is 942 g/mol. The molecule has 0 heterocycles. The molecule has 0 spiro atoms. The maximum absolute atomic E-state index is 12.5. The van der Waals surface area contributed by atoms with Crippen molar-refractivity contribution in [3.63, 3.8) is 0 Å². The normalized spacial score (nSPS) is 12.8. The second-order valence-electron chi connectivity index (χ2n) is 20.3. The number of rotatable bonds is 55. The van der Waals surface area contributed by atoms with Gasteiger partial charge in [0, 0.05) is 12.8 Å². The van der Waals surface area contributed by atoms with Crippen LogP contribution >= 0.6 is 0 Å². The standard InChI is InChI=1S/C61H115NO5/c1-3-5-7-9-11-13-15-17-19-21-23-25-29-33-37-41-45-49-53-59(64)58(57-63)62-60(65)54-50-46-42-38-34-30-26-24-28-32-36-40-44-48-52-56-67-61(66)55-51-47-43-39-35-31-27-22-20-18-16-14-12-10-8-6-4-2/h18,20,28,32,49,53,58-59,63-64H,3-17,19,21-27,29-31,33-48,50-52,54-57H2,1-2H3,(H,62,65)/b20-18-,32-28-,53-49+. The van der Waals surface area contributed by atoms with Crippen LogP contribution in [0.25, 0.3) is 0 Å². The van der Waals surface area contributed by atoms with Gasteiger partial charge in [0.05, 0.1) is 25.4 Å². The van der Waals surface area contributed by atoms with E-state index in [1.54, 1.807) is 6.08 Å². The van der Waals surface area contributed by atoms with E-state index in [0.717, 1.165) is 70.6 Å². The summed E-state index contributed by atoms with van der Waals surface area (Å²) in [6.07, 6.45) is 70.2. The van der Waals surface area contributed by atoms with Crippen LogP contribution in [0.5, 0.6) is 0 Å². The predicted octanol–water partition coefficient (Wildman–Crippen LogP) is 18.4. The number of aliphatic hydroxyl groups is 2. The summed E-state index contributed by atoms with van der Waals surface area (Å²) < 4.78 is 5.47. The van der Waals surface area contributed by atoms with Gasteiger partial charge >= 0.3 is 5.97 Å². The minimum absolute atomic E-state index is 0.0145. The molecule has 67 heavy (non-hydrogen) atoms. The number of carbonyl (C=O) groups is 2. The second kappa shape index (κ2) is 56.7. The number of esters is 1. The van der Waals surface area contributed by atoms with Crippen LogP contribution < -0.4 is 5.32 Å². The third-order valence-electron chi connectivity index (χ3n) is 13.6. The van der Waals surface area contributed by atoms with E-state index in [1.165, 1.54) is 218 Å². The molecule has 0 aliphatic carbocycles. The van der Waals surface area contributed by atoms with Crippen LogP contribution in [0.4, 0.5) is 0 Å². The van der Waals surface area contributed by atoms with E-state index < -0.39 is 12.1 Å². The molecular formula is C61H115NO5. The highest BCUT2D eigenvalue weighted by atomic mass is 16.5. The van der Waals surface area contributed by atoms with Crippen LogP contribution in [0, 0.1) is 0 Å². The number of allylic oxidation sites excluding steroid dienone is 5. The summed E-state index contributed by atoms with van der Waals surface area (Å²) in [6, 6.07) is -0.640. The van der Waals surface area contributed by atoms with Gasteiger partial charge in [-0.25, -0.2) is 0 Å². The molecular weight excluding hydrogens is 827 g/mol. The second-order valence-corrected chi connectivity index (χ2v) is 20.3. The van der Waals surface area contributed by atoms with Gasteiger partial charge < -0.3 is 20.3 Å². The van der Waals surface area contributed by atoms with Gasteiger partial charge in [0.15, 0.2) is 0 Å². The molecule has 0 saturated heterocycles. The Morgan fingerprint density at radius 3 is 1.06 bits per heavy atom. The van der Waals surface area contributed by atoms with E-state index in [4.69, 9.17) is 4.74 Å². The van der Waals surface area contributed by atoms with E-state index in [2.05, 4.69) is 43.5 Å².